The predicted octanol–water partition coefficient (Wildman–Crippen LogP) is 3.87. The highest BCUT2D eigenvalue weighted by Crippen LogP contribution is 2.31. The van der Waals surface area contributed by atoms with Gasteiger partial charge in [0.2, 0.25) is 0 Å². The molecule has 0 radical (unpaired) electrons. The summed E-state index contributed by atoms with van der Waals surface area (Å²) in [5.74, 6) is 0. The fourth-order valence-electron chi connectivity index (χ4n) is 3.23. The van der Waals surface area contributed by atoms with Gasteiger partial charge >= 0.3 is 0 Å². The molecular weight excluding hydrogens is 256 g/mol. The average molecular weight is 281 g/mol. The molecule has 106 valence electrons. The fraction of sp³-hybridized carbons (Fsp3) is 0.625. The first-order valence-electron chi connectivity index (χ1n) is 7.42. The maximum Gasteiger partial charge on any atom is 0.0406 e. The maximum absolute atomic E-state index is 6.00. The second kappa shape index (κ2) is 7.28. The second-order valence-corrected chi connectivity index (χ2v) is 5.86. The fourth-order valence-corrected chi connectivity index (χ4v) is 3.36. The third-order valence-electron chi connectivity index (χ3n) is 4.15. The van der Waals surface area contributed by atoms with E-state index in [4.69, 9.17) is 11.6 Å². The smallest absolute Gasteiger partial charge is 0.0406 e. The summed E-state index contributed by atoms with van der Waals surface area (Å²) < 4.78 is 0. The molecule has 1 fully saturated rings. The molecule has 1 N–H and O–H groups in total. The summed E-state index contributed by atoms with van der Waals surface area (Å²) in [5, 5.41) is 4.17. The number of likely N-dealkylation sites (N-methyl/N-ethyl adjacent to an activating group) is 1. The summed E-state index contributed by atoms with van der Waals surface area (Å²) in [6, 6.07) is 9.58. The van der Waals surface area contributed by atoms with Crippen molar-refractivity contribution >= 4 is 11.6 Å². The number of hydrogen-bond acceptors (Lipinski definition) is 2. The van der Waals surface area contributed by atoms with Gasteiger partial charge in [-0.15, -0.1) is 0 Å². The Hall–Kier alpha value is -0.570. The van der Waals surface area contributed by atoms with Crippen LogP contribution in [0.3, 0.4) is 0 Å². The van der Waals surface area contributed by atoms with Gasteiger partial charge in [-0.05, 0) is 50.6 Å². The molecule has 2 atom stereocenters. The quantitative estimate of drug-likeness (QED) is 0.881. The van der Waals surface area contributed by atoms with Crippen molar-refractivity contribution in [3.05, 3.63) is 34.9 Å². The third-order valence-corrected chi connectivity index (χ3v) is 4.41. The normalized spacial score (nSPS) is 22.4. The Balaban J connectivity index is 2.16. The molecule has 1 aliphatic heterocycles. The van der Waals surface area contributed by atoms with E-state index in [0.29, 0.717) is 12.1 Å². The van der Waals surface area contributed by atoms with Crippen molar-refractivity contribution < 1.29 is 0 Å². The number of nitrogens with zero attached hydrogens (tertiary/aromatic N) is 1. The van der Waals surface area contributed by atoms with Crippen LogP contribution in [0, 0.1) is 0 Å². The lowest BCUT2D eigenvalue weighted by Crippen LogP contribution is -2.46. The molecular formula is C16H25ClN2. The first-order chi connectivity index (χ1) is 9.26. The summed E-state index contributed by atoms with van der Waals surface area (Å²) >= 11 is 6.00. The molecule has 1 aliphatic rings. The van der Waals surface area contributed by atoms with Gasteiger partial charge in [0.25, 0.3) is 0 Å². The number of halogens is 1. The third kappa shape index (κ3) is 3.71. The van der Waals surface area contributed by atoms with E-state index in [1.807, 2.05) is 12.1 Å². The first kappa shape index (κ1) is 14.8. The molecule has 0 amide bonds. The largest absolute Gasteiger partial charge is 0.318 e. The molecule has 19 heavy (non-hydrogen) atoms. The lowest BCUT2D eigenvalue weighted by molar-refractivity contribution is 0.0917. The summed E-state index contributed by atoms with van der Waals surface area (Å²) in [7, 11) is 2.05. The van der Waals surface area contributed by atoms with Crippen LogP contribution in [0.1, 0.15) is 44.2 Å². The molecule has 3 heteroatoms. The summed E-state index contributed by atoms with van der Waals surface area (Å²) in [6.45, 7) is 4.59. The molecule has 2 unspecified atom stereocenters. The summed E-state index contributed by atoms with van der Waals surface area (Å²) in [4.78, 5) is 2.68. The van der Waals surface area contributed by atoms with Crippen LogP contribution < -0.4 is 5.32 Å². The molecule has 1 heterocycles. The molecule has 0 saturated carbocycles. The van der Waals surface area contributed by atoms with Crippen molar-refractivity contribution in [1.82, 2.24) is 10.2 Å². The summed E-state index contributed by atoms with van der Waals surface area (Å²) in [6.07, 6.45) is 5.15. The monoisotopic (exact) mass is 280 g/mol. The van der Waals surface area contributed by atoms with Crippen molar-refractivity contribution in [2.75, 3.05) is 20.1 Å². The second-order valence-electron chi connectivity index (χ2n) is 5.42. The molecule has 0 aliphatic carbocycles. The van der Waals surface area contributed by atoms with Gasteiger partial charge in [-0.1, -0.05) is 37.1 Å². The van der Waals surface area contributed by atoms with Gasteiger partial charge in [0.1, 0.15) is 0 Å². The number of piperidine rings is 1. The average Bonchev–Trinajstić information content (AvgIpc) is 2.44. The number of benzene rings is 1. The lowest BCUT2D eigenvalue weighted by Gasteiger charge is -2.41. The van der Waals surface area contributed by atoms with Crippen LogP contribution in [-0.4, -0.2) is 31.1 Å². The van der Waals surface area contributed by atoms with Crippen LogP contribution in [0.25, 0.3) is 0 Å². The maximum atomic E-state index is 6.00. The lowest BCUT2D eigenvalue weighted by atomic mass is 9.95. The Bertz CT molecular complexity index is 375. The zero-order valence-corrected chi connectivity index (χ0v) is 12.8. The zero-order valence-electron chi connectivity index (χ0n) is 12.0. The minimum Gasteiger partial charge on any atom is -0.318 e. The highest BCUT2D eigenvalue weighted by atomic mass is 35.5. The Morgan fingerprint density at radius 3 is 2.68 bits per heavy atom. The van der Waals surface area contributed by atoms with Crippen molar-refractivity contribution in [2.45, 2.75) is 44.7 Å². The molecule has 0 bridgehead atoms. The molecule has 1 saturated heterocycles. The Morgan fingerprint density at radius 2 is 2.05 bits per heavy atom. The minimum absolute atomic E-state index is 0.524. The Labute approximate surface area is 122 Å². The van der Waals surface area contributed by atoms with Gasteiger partial charge in [-0.3, -0.25) is 4.90 Å². The van der Waals surface area contributed by atoms with Crippen LogP contribution in [0.4, 0.5) is 0 Å². The first-order valence-corrected chi connectivity index (χ1v) is 7.80. The van der Waals surface area contributed by atoms with Crippen LogP contribution in [-0.2, 0) is 0 Å². The van der Waals surface area contributed by atoms with Gasteiger partial charge < -0.3 is 5.32 Å². The topological polar surface area (TPSA) is 15.3 Å². The van der Waals surface area contributed by atoms with Crippen LogP contribution in [0.5, 0.6) is 0 Å². The highest BCUT2D eigenvalue weighted by molar-refractivity contribution is 6.30. The van der Waals surface area contributed by atoms with Gasteiger partial charge in [0, 0.05) is 23.7 Å². The van der Waals surface area contributed by atoms with E-state index in [0.717, 1.165) is 18.0 Å². The van der Waals surface area contributed by atoms with Crippen molar-refractivity contribution in [1.29, 1.82) is 0 Å². The van der Waals surface area contributed by atoms with E-state index in [2.05, 4.69) is 36.3 Å². The van der Waals surface area contributed by atoms with Crippen LogP contribution >= 0.6 is 11.6 Å². The van der Waals surface area contributed by atoms with E-state index in [9.17, 15) is 0 Å². The summed E-state index contributed by atoms with van der Waals surface area (Å²) in [5.41, 5.74) is 1.40. The van der Waals surface area contributed by atoms with Gasteiger partial charge in [-0.25, -0.2) is 0 Å². The molecule has 2 rings (SSSR count). The standard InChI is InChI=1S/C16H25ClN2/c1-3-16(13-7-9-14(17)10-8-13)19-11-5-4-6-15(19)12-18-2/h7-10,15-16,18H,3-6,11-12H2,1-2H3. The molecule has 2 nitrogen and oxygen atoms in total. The molecule has 0 aromatic heterocycles. The number of rotatable bonds is 5. The van der Waals surface area contributed by atoms with Crippen LogP contribution in [0.15, 0.2) is 24.3 Å². The SMILES string of the molecule is CCC(c1ccc(Cl)cc1)N1CCCCC1CNC. The molecule has 0 spiro atoms. The Kier molecular flexibility index (Phi) is 5.68. The predicted molar refractivity (Wildman–Crippen MR) is 82.8 cm³/mol. The van der Waals surface area contributed by atoms with Crippen molar-refractivity contribution in [3.8, 4) is 0 Å². The van der Waals surface area contributed by atoms with Gasteiger partial charge in [0.05, 0.1) is 0 Å². The van der Waals surface area contributed by atoms with Crippen LogP contribution in [0.2, 0.25) is 5.02 Å². The van der Waals surface area contributed by atoms with E-state index in [1.165, 1.54) is 31.4 Å². The number of hydrogen-bond donors (Lipinski definition) is 1. The van der Waals surface area contributed by atoms with E-state index < -0.39 is 0 Å². The molecule has 1 aromatic carbocycles. The van der Waals surface area contributed by atoms with E-state index in [1.54, 1.807) is 0 Å². The molecule has 1 aromatic rings. The van der Waals surface area contributed by atoms with Crippen molar-refractivity contribution in [2.24, 2.45) is 0 Å². The van der Waals surface area contributed by atoms with Gasteiger partial charge in [-0.2, -0.15) is 0 Å². The van der Waals surface area contributed by atoms with E-state index in [-0.39, 0.29) is 0 Å². The van der Waals surface area contributed by atoms with Crippen molar-refractivity contribution in [3.63, 3.8) is 0 Å². The number of likely N-dealkylation sites (tertiary alicyclic amines) is 1. The highest BCUT2D eigenvalue weighted by Gasteiger charge is 2.28. The zero-order chi connectivity index (χ0) is 13.7. The Morgan fingerprint density at radius 1 is 1.32 bits per heavy atom. The van der Waals surface area contributed by atoms with Gasteiger partial charge in [0.15, 0.2) is 0 Å². The van der Waals surface area contributed by atoms with E-state index >= 15 is 0 Å². The number of nitrogens with one attached hydrogen (secondary N) is 1. The minimum atomic E-state index is 0.524.